The van der Waals surface area contributed by atoms with Crippen molar-refractivity contribution in [3.63, 3.8) is 0 Å². The van der Waals surface area contributed by atoms with Crippen LogP contribution in [0.5, 0.6) is 0 Å². The van der Waals surface area contributed by atoms with E-state index < -0.39 is 0 Å². The number of hydrogen-bond acceptors (Lipinski definition) is 1. The Balaban J connectivity index is 2.28. The van der Waals surface area contributed by atoms with Gasteiger partial charge in [-0.1, -0.05) is 47.5 Å². The van der Waals surface area contributed by atoms with Crippen molar-refractivity contribution in [1.82, 2.24) is 0 Å². The third kappa shape index (κ3) is 3.43. The number of ketones is 1. The van der Waals surface area contributed by atoms with E-state index in [1.165, 1.54) is 30.3 Å². The molecule has 0 saturated heterocycles. The lowest BCUT2D eigenvalue weighted by Gasteiger charge is -2.01. The maximum atomic E-state index is 12.8. The SMILES string of the molecule is O=C(/C=C(\Cl)c1ccc(F)cc1)c1ccccc1Cl. The molecule has 0 aliphatic rings. The molecular formula is C15H9Cl2FO. The molecule has 0 fully saturated rings. The molecule has 0 heterocycles. The highest BCUT2D eigenvalue weighted by atomic mass is 35.5. The summed E-state index contributed by atoms with van der Waals surface area (Å²) < 4.78 is 12.8. The maximum absolute atomic E-state index is 12.8. The molecule has 0 amide bonds. The topological polar surface area (TPSA) is 17.1 Å². The van der Waals surface area contributed by atoms with E-state index in [0.717, 1.165) is 0 Å². The van der Waals surface area contributed by atoms with Crippen LogP contribution in [0.4, 0.5) is 4.39 Å². The molecule has 4 heteroatoms. The molecule has 0 bridgehead atoms. The van der Waals surface area contributed by atoms with Crippen molar-refractivity contribution in [1.29, 1.82) is 0 Å². The highest BCUT2D eigenvalue weighted by molar-refractivity contribution is 6.50. The summed E-state index contributed by atoms with van der Waals surface area (Å²) in [6.45, 7) is 0. The summed E-state index contributed by atoms with van der Waals surface area (Å²) in [6.07, 6.45) is 1.27. The second-order valence-electron chi connectivity index (χ2n) is 3.84. The van der Waals surface area contributed by atoms with Crippen LogP contribution in [0.3, 0.4) is 0 Å². The molecule has 0 saturated carbocycles. The summed E-state index contributed by atoms with van der Waals surface area (Å²) in [7, 11) is 0. The van der Waals surface area contributed by atoms with Crippen LogP contribution in [0.2, 0.25) is 5.02 Å². The van der Waals surface area contributed by atoms with Crippen LogP contribution in [0.15, 0.2) is 54.6 Å². The number of hydrogen-bond donors (Lipinski definition) is 0. The zero-order valence-electron chi connectivity index (χ0n) is 9.74. The molecule has 2 aromatic rings. The lowest BCUT2D eigenvalue weighted by atomic mass is 10.1. The predicted molar refractivity (Wildman–Crippen MR) is 76.0 cm³/mol. The molecular weight excluding hydrogens is 286 g/mol. The van der Waals surface area contributed by atoms with E-state index in [1.807, 2.05) is 0 Å². The van der Waals surface area contributed by atoms with Crippen molar-refractivity contribution < 1.29 is 9.18 Å². The Hall–Kier alpha value is -1.64. The fraction of sp³-hybridized carbons (Fsp3) is 0. The summed E-state index contributed by atoms with van der Waals surface area (Å²) in [4.78, 5) is 12.0. The molecule has 0 N–H and O–H groups in total. The molecule has 19 heavy (non-hydrogen) atoms. The van der Waals surface area contributed by atoms with Gasteiger partial charge in [0.2, 0.25) is 0 Å². The van der Waals surface area contributed by atoms with Gasteiger partial charge < -0.3 is 0 Å². The van der Waals surface area contributed by atoms with E-state index in [9.17, 15) is 9.18 Å². The molecule has 0 aromatic heterocycles. The fourth-order valence-electron chi connectivity index (χ4n) is 1.55. The molecule has 0 aliphatic carbocycles. The van der Waals surface area contributed by atoms with Gasteiger partial charge in [-0.3, -0.25) is 4.79 Å². The lowest BCUT2D eigenvalue weighted by molar-refractivity contribution is 0.104. The van der Waals surface area contributed by atoms with E-state index >= 15 is 0 Å². The van der Waals surface area contributed by atoms with E-state index in [-0.39, 0.29) is 16.6 Å². The molecule has 2 aromatic carbocycles. The Morgan fingerprint density at radius 2 is 1.68 bits per heavy atom. The van der Waals surface area contributed by atoms with Crippen LogP contribution < -0.4 is 0 Å². The quantitative estimate of drug-likeness (QED) is 0.579. The van der Waals surface area contributed by atoms with Crippen molar-refractivity contribution in [2.75, 3.05) is 0 Å². The Kier molecular flexibility index (Phi) is 4.35. The fourth-order valence-corrected chi connectivity index (χ4v) is 2.00. The third-order valence-electron chi connectivity index (χ3n) is 2.52. The number of carbonyl (C=O) groups is 1. The second kappa shape index (κ2) is 6.00. The Labute approximate surface area is 120 Å². The van der Waals surface area contributed by atoms with Crippen LogP contribution in [0, 0.1) is 5.82 Å². The summed E-state index contributed by atoms with van der Waals surface area (Å²) in [5.41, 5.74) is 0.952. The average Bonchev–Trinajstić information content (AvgIpc) is 2.39. The Morgan fingerprint density at radius 1 is 1.05 bits per heavy atom. The van der Waals surface area contributed by atoms with Crippen LogP contribution in [0.1, 0.15) is 15.9 Å². The monoisotopic (exact) mass is 294 g/mol. The lowest BCUT2D eigenvalue weighted by Crippen LogP contribution is -1.96. The van der Waals surface area contributed by atoms with Crippen molar-refractivity contribution in [3.8, 4) is 0 Å². The van der Waals surface area contributed by atoms with Crippen molar-refractivity contribution in [3.05, 3.63) is 76.6 Å². The van der Waals surface area contributed by atoms with Crippen LogP contribution in [-0.4, -0.2) is 5.78 Å². The van der Waals surface area contributed by atoms with Gasteiger partial charge in [0.25, 0.3) is 0 Å². The van der Waals surface area contributed by atoms with Crippen molar-refractivity contribution in [2.24, 2.45) is 0 Å². The van der Waals surface area contributed by atoms with Gasteiger partial charge in [-0.2, -0.15) is 0 Å². The van der Waals surface area contributed by atoms with Gasteiger partial charge in [0, 0.05) is 11.6 Å². The average molecular weight is 295 g/mol. The summed E-state index contributed by atoms with van der Waals surface area (Å²) in [6, 6.07) is 12.3. The zero-order valence-corrected chi connectivity index (χ0v) is 11.3. The molecule has 0 aliphatic heterocycles. The van der Waals surface area contributed by atoms with E-state index in [2.05, 4.69) is 0 Å². The van der Waals surface area contributed by atoms with Crippen LogP contribution >= 0.6 is 23.2 Å². The summed E-state index contributed by atoms with van der Waals surface area (Å²) in [5, 5.41) is 0.609. The van der Waals surface area contributed by atoms with Gasteiger partial charge in [0.05, 0.1) is 10.1 Å². The molecule has 2 rings (SSSR count). The normalized spacial score (nSPS) is 11.4. The van der Waals surface area contributed by atoms with Gasteiger partial charge in [0.15, 0.2) is 5.78 Å². The van der Waals surface area contributed by atoms with Gasteiger partial charge >= 0.3 is 0 Å². The van der Waals surface area contributed by atoms with Crippen LogP contribution in [0.25, 0.3) is 5.03 Å². The number of rotatable bonds is 3. The van der Waals surface area contributed by atoms with Crippen molar-refractivity contribution >= 4 is 34.0 Å². The van der Waals surface area contributed by atoms with E-state index in [1.54, 1.807) is 24.3 Å². The van der Waals surface area contributed by atoms with Crippen LogP contribution in [-0.2, 0) is 0 Å². The van der Waals surface area contributed by atoms with Gasteiger partial charge in [-0.15, -0.1) is 0 Å². The number of allylic oxidation sites excluding steroid dienone is 1. The molecule has 0 radical (unpaired) electrons. The summed E-state index contributed by atoms with van der Waals surface area (Å²) in [5.74, 6) is -0.648. The first kappa shape index (κ1) is 13.8. The highest BCUT2D eigenvalue weighted by Crippen LogP contribution is 2.22. The third-order valence-corrected chi connectivity index (χ3v) is 3.17. The minimum atomic E-state index is -0.356. The Bertz CT molecular complexity index is 633. The van der Waals surface area contributed by atoms with E-state index in [0.29, 0.717) is 16.1 Å². The minimum Gasteiger partial charge on any atom is -0.289 e. The van der Waals surface area contributed by atoms with Crippen molar-refractivity contribution in [2.45, 2.75) is 0 Å². The first-order valence-corrected chi connectivity index (χ1v) is 6.25. The molecule has 1 nitrogen and oxygen atoms in total. The Morgan fingerprint density at radius 3 is 2.32 bits per heavy atom. The maximum Gasteiger partial charge on any atom is 0.188 e. The minimum absolute atomic E-state index is 0.241. The molecule has 96 valence electrons. The van der Waals surface area contributed by atoms with E-state index in [4.69, 9.17) is 23.2 Å². The summed E-state index contributed by atoms with van der Waals surface area (Å²) >= 11 is 12.0. The second-order valence-corrected chi connectivity index (χ2v) is 4.66. The smallest absolute Gasteiger partial charge is 0.188 e. The van der Waals surface area contributed by atoms with Gasteiger partial charge in [-0.05, 0) is 29.8 Å². The first-order chi connectivity index (χ1) is 9.08. The van der Waals surface area contributed by atoms with Gasteiger partial charge in [0.1, 0.15) is 5.82 Å². The standard InChI is InChI=1S/C15H9Cl2FO/c16-13-4-2-1-3-12(13)15(19)9-14(17)10-5-7-11(18)8-6-10/h1-9H/b14-9-. The molecule has 0 unspecified atom stereocenters. The highest BCUT2D eigenvalue weighted by Gasteiger charge is 2.08. The van der Waals surface area contributed by atoms with Gasteiger partial charge in [-0.25, -0.2) is 4.39 Å². The first-order valence-electron chi connectivity index (χ1n) is 5.50. The molecule has 0 spiro atoms. The largest absolute Gasteiger partial charge is 0.289 e. The number of carbonyl (C=O) groups excluding carboxylic acids is 1. The predicted octanol–water partition coefficient (Wildman–Crippen LogP) is 4.94. The number of benzene rings is 2. The number of halogens is 3. The molecule has 0 atom stereocenters. The zero-order chi connectivity index (χ0) is 13.8.